The number of nitrogens with one attached hydrogen (secondary N) is 1. The Kier molecular flexibility index (Phi) is 3.63. The lowest BCUT2D eigenvalue weighted by Gasteiger charge is -2.05. The number of rotatable bonds is 4. The second-order valence-corrected chi connectivity index (χ2v) is 5.13. The standard InChI is InChI=1S/C10H8ClN3O3S/c11-10-13-5-9(18-10)4-12-6-1-7(14(16)17)3-8(15)2-6/h1-3,5,12,15H,4H2. The molecule has 2 aromatic rings. The van der Waals surface area contributed by atoms with Gasteiger partial charge in [-0.3, -0.25) is 10.1 Å². The molecule has 0 amide bonds. The van der Waals surface area contributed by atoms with Crippen LogP contribution in [0.5, 0.6) is 5.75 Å². The number of nitro benzene ring substituents is 1. The van der Waals surface area contributed by atoms with E-state index in [1.807, 2.05) is 0 Å². The van der Waals surface area contributed by atoms with Gasteiger partial charge in [-0.25, -0.2) is 4.98 Å². The molecule has 0 aliphatic heterocycles. The quantitative estimate of drug-likeness (QED) is 0.666. The van der Waals surface area contributed by atoms with Crippen LogP contribution in [0.25, 0.3) is 0 Å². The minimum Gasteiger partial charge on any atom is -0.508 e. The molecule has 0 saturated heterocycles. The minimum absolute atomic E-state index is 0.158. The number of hydrogen-bond acceptors (Lipinski definition) is 6. The van der Waals surface area contributed by atoms with Crippen LogP contribution in [0.4, 0.5) is 11.4 Å². The number of phenols is 1. The Labute approximate surface area is 111 Å². The van der Waals surface area contributed by atoms with E-state index in [2.05, 4.69) is 10.3 Å². The molecule has 1 heterocycles. The summed E-state index contributed by atoms with van der Waals surface area (Å²) in [5.74, 6) is -0.158. The number of aromatic hydroxyl groups is 1. The van der Waals surface area contributed by atoms with E-state index in [1.54, 1.807) is 6.20 Å². The zero-order chi connectivity index (χ0) is 13.1. The van der Waals surface area contributed by atoms with Crippen LogP contribution in [0.2, 0.25) is 4.47 Å². The van der Waals surface area contributed by atoms with Crippen molar-refractivity contribution in [3.63, 3.8) is 0 Å². The third-order valence-corrected chi connectivity index (χ3v) is 3.22. The number of non-ortho nitro benzene ring substituents is 1. The zero-order valence-electron chi connectivity index (χ0n) is 8.96. The van der Waals surface area contributed by atoms with Crippen molar-refractivity contribution in [3.8, 4) is 5.75 Å². The number of anilines is 1. The number of benzene rings is 1. The maximum atomic E-state index is 10.6. The average Bonchev–Trinajstić information content (AvgIpc) is 2.72. The summed E-state index contributed by atoms with van der Waals surface area (Å²) in [6.45, 7) is 0.436. The molecule has 0 aliphatic rings. The number of hydrogen-bond donors (Lipinski definition) is 2. The van der Waals surface area contributed by atoms with Crippen molar-refractivity contribution in [2.75, 3.05) is 5.32 Å². The number of halogens is 1. The summed E-state index contributed by atoms with van der Waals surface area (Å²) in [7, 11) is 0. The zero-order valence-corrected chi connectivity index (χ0v) is 10.5. The lowest BCUT2D eigenvalue weighted by molar-refractivity contribution is -0.384. The van der Waals surface area contributed by atoms with Crippen LogP contribution in [-0.4, -0.2) is 15.0 Å². The van der Waals surface area contributed by atoms with Gasteiger partial charge in [0.15, 0.2) is 4.47 Å². The van der Waals surface area contributed by atoms with Gasteiger partial charge in [-0.2, -0.15) is 0 Å². The van der Waals surface area contributed by atoms with Gasteiger partial charge in [0.1, 0.15) is 5.75 Å². The molecule has 8 heteroatoms. The normalized spacial score (nSPS) is 10.3. The molecular weight excluding hydrogens is 278 g/mol. The van der Waals surface area contributed by atoms with Crippen molar-refractivity contribution in [3.05, 3.63) is 43.9 Å². The predicted molar refractivity (Wildman–Crippen MR) is 69.2 cm³/mol. The number of phenolic OH excluding ortho intramolecular Hbond substituents is 1. The van der Waals surface area contributed by atoms with Crippen molar-refractivity contribution in [2.45, 2.75) is 6.54 Å². The Hall–Kier alpha value is -1.86. The van der Waals surface area contributed by atoms with Crippen molar-refractivity contribution >= 4 is 34.3 Å². The van der Waals surface area contributed by atoms with Gasteiger partial charge in [-0.15, -0.1) is 11.3 Å². The Morgan fingerprint density at radius 2 is 2.28 bits per heavy atom. The molecule has 1 aromatic heterocycles. The highest BCUT2D eigenvalue weighted by Gasteiger charge is 2.09. The van der Waals surface area contributed by atoms with E-state index < -0.39 is 4.92 Å². The van der Waals surface area contributed by atoms with Crippen LogP contribution in [0.1, 0.15) is 4.88 Å². The molecule has 0 bridgehead atoms. The largest absolute Gasteiger partial charge is 0.508 e. The SMILES string of the molecule is O=[N+]([O-])c1cc(O)cc(NCc2cnc(Cl)s2)c1. The second kappa shape index (κ2) is 5.19. The van der Waals surface area contributed by atoms with Crippen LogP contribution < -0.4 is 5.32 Å². The highest BCUT2D eigenvalue weighted by Crippen LogP contribution is 2.26. The second-order valence-electron chi connectivity index (χ2n) is 3.43. The van der Waals surface area contributed by atoms with Gasteiger partial charge in [0.25, 0.3) is 5.69 Å². The smallest absolute Gasteiger partial charge is 0.275 e. The predicted octanol–water partition coefficient (Wildman–Crippen LogP) is 3.02. The van der Waals surface area contributed by atoms with Gasteiger partial charge < -0.3 is 10.4 Å². The van der Waals surface area contributed by atoms with Crippen molar-refractivity contribution in [1.82, 2.24) is 4.98 Å². The summed E-state index contributed by atoms with van der Waals surface area (Å²) in [6.07, 6.45) is 1.62. The van der Waals surface area contributed by atoms with Gasteiger partial charge in [0.2, 0.25) is 0 Å². The Balaban J connectivity index is 2.11. The van der Waals surface area contributed by atoms with Crippen LogP contribution in [0.15, 0.2) is 24.4 Å². The number of nitro groups is 1. The van der Waals surface area contributed by atoms with E-state index in [0.29, 0.717) is 16.7 Å². The monoisotopic (exact) mass is 285 g/mol. The molecular formula is C10H8ClN3O3S. The molecule has 2 N–H and O–H groups in total. The lowest BCUT2D eigenvalue weighted by atomic mass is 10.2. The summed E-state index contributed by atoms with van der Waals surface area (Å²) < 4.78 is 0.439. The third kappa shape index (κ3) is 3.08. The van der Waals surface area contributed by atoms with E-state index >= 15 is 0 Å². The molecule has 0 aliphatic carbocycles. The van der Waals surface area contributed by atoms with E-state index in [0.717, 1.165) is 10.9 Å². The van der Waals surface area contributed by atoms with Crippen LogP contribution >= 0.6 is 22.9 Å². The summed E-state index contributed by atoms with van der Waals surface area (Å²) in [4.78, 5) is 14.8. The van der Waals surface area contributed by atoms with Crippen molar-refractivity contribution < 1.29 is 10.0 Å². The number of nitrogens with zero attached hydrogens (tertiary/aromatic N) is 2. The average molecular weight is 286 g/mol. The van der Waals surface area contributed by atoms with Gasteiger partial charge >= 0.3 is 0 Å². The summed E-state index contributed by atoms with van der Waals surface area (Å²) >= 11 is 7.00. The molecule has 0 fully saturated rings. The van der Waals surface area contributed by atoms with Crippen molar-refractivity contribution in [1.29, 1.82) is 0 Å². The molecule has 6 nitrogen and oxygen atoms in total. The first-order chi connectivity index (χ1) is 8.54. The van der Waals surface area contributed by atoms with Gasteiger partial charge in [-0.05, 0) is 0 Å². The van der Waals surface area contributed by atoms with E-state index in [4.69, 9.17) is 11.6 Å². The molecule has 1 aromatic carbocycles. The summed E-state index contributed by atoms with van der Waals surface area (Å²) in [5, 5.41) is 23.0. The van der Waals surface area contributed by atoms with Gasteiger partial charge in [0.05, 0.1) is 17.5 Å². The van der Waals surface area contributed by atoms with Gasteiger partial charge in [-0.1, -0.05) is 11.6 Å². The Morgan fingerprint density at radius 3 is 2.89 bits per heavy atom. The molecule has 0 unspecified atom stereocenters. The highest BCUT2D eigenvalue weighted by molar-refractivity contribution is 7.15. The van der Waals surface area contributed by atoms with E-state index in [-0.39, 0.29) is 11.4 Å². The molecule has 94 valence electrons. The molecule has 0 radical (unpaired) electrons. The van der Waals surface area contributed by atoms with E-state index in [1.165, 1.54) is 23.5 Å². The first-order valence-electron chi connectivity index (χ1n) is 4.87. The lowest BCUT2D eigenvalue weighted by Crippen LogP contribution is -1.98. The third-order valence-electron chi connectivity index (χ3n) is 2.11. The van der Waals surface area contributed by atoms with Crippen LogP contribution in [-0.2, 0) is 6.54 Å². The molecule has 18 heavy (non-hydrogen) atoms. The fourth-order valence-corrected chi connectivity index (χ4v) is 2.27. The number of thiazole rings is 1. The fraction of sp³-hybridized carbons (Fsp3) is 0.100. The summed E-state index contributed by atoms with van der Waals surface area (Å²) in [5.41, 5.74) is 0.297. The maximum Gasteiger partial charge on any atom is 0.275 e. The molecule has 0 atom stereocenters. The number of aromatic nitrogens is 1. The Bertz CT molecular complexity index is 587. The van der Waals surface area contributed by atoms with Crippen molar-refractivity contribution in [2.24, 2.45) is 0 Å². The highest BCUT2D eigenvalue weighted by atomic mass is 35.5. The molecule has 0 saturated carbocycles. The molecule has 2 rings (SSSR count). The Morgan fingerprint density at radius 1 is 1.50 bits per heavy atom. The fourth-order valence-electron chi connectivity index (χ4n) is 1.36. The first-order valence-corrected chi connectivity index (χ1v) is 6.06. The van der Waals surface area contributed by atoms with Crippen LogP contribution in [0, 0.1) is 10.1 Å². The van der Waals surface area contributed by atoms with Gasteiger partial charge in [0, 0.05) is 28.9 Å². The topological polar surface area (TPSA) is 88.3 Å². The maximum absolute atomic E-state index is 10.6. The minimum atomic E-state index is -0.561. The summed E-state index contributed by atoms with van der Waals surface area (Å²) in [6, 6.07) is 3.85. The molecule has 0 spiro atoms. The first kappa shape index (κ1) is 12.6. The van der Waals surface area contributed by atoms with Crippen LogP contribution in [0.3, 0.4) is 0 Å². The van der Waals surface area contributed by atoms with E-state index in [9.17, 15) is 15.2 Å².